The first kappa shape index (κ1) is 19.2. The van der Waals surface area contributed by atoms with Gasteiger partial charge in [-0.05, 0) is 53.6 Å². The van der Waals surface area contributed by atoms with E-state index in [0.29, 0.717) is 22.9 Å². The van der Waals surface area contributed by atoms with Crippen molar-refractivity contribution in [1.29, 1.82) is 5.26 Å². The molecule has 0 saturated heterocycles. The predicted molar refractivity (Wildman–Crippen MR) is 113 cm³/mol. The Morgan fingerprint density at radius 1 is 1.10 bits per heavy atom. The highest BCUT2D eigenvalue weighted by Gasteiger charge is 2.10. The lowest BCUT2D eigenvalue weighted by molar-refractivity contribution is 0.284. The molecule has 0 spiro atoms. The predicted octanol–water partition coefficient (Wildman–Crippen LogP) is 5.35. The normalized spacial score (nSPS) is 11.3. The van der Waals surface area contributed by atoms with Crippen LogP contribution in [0, 0.1) is 17.1 Å². The molecule has 0 atom stereocenters. The molecule has 5 nitrogen and oxygen atoms in total. The lowest BCUT2D eigenvalue weighted by atomic mass is 10.1. The highest BCUT2D eigenvalue weighted by Crippen LogP contribution is 2.30. The Morgan fingerprint density at radius 3 is 2.63 bits per heavy atom. The molecule has 0 aliphatic rings. The molecule has 1 heterocycles. The number of benzene rings is 3. The fourth-order valence-corrected chi connectivity index (χ4v) is 3.04. The molecule has 1 aromatic heterocycles. The summed E-state index contributed by atoms with van der Waals surface area (Å²) >= 11 is 0. The molecule has 3 aromatic carbocycles. The van der Waals surface area contributed by atoms with Crippen molar-refractivity contribution < 1.29 is 13.9 Å². The van der Waals surface area contributed by atoms with Gasteiger partial charge in [-0.3, -0.25) is 0 Å². The molecule has 4 rings (SSSR count). The number of hydrogen-bond donors (Lipinski definition) is 1. The van der Waals surface area contributed by atoms with Crippen molar-refractivity contribution in [3.63, 3.8) is 0 Å². The summed E-state index contributed by atoms with van der Waals surface area (Å²) in [5.74, 6) is 1.31. The summed E-state index contributed by atoms with van der Waals surface area (Å²) in [5.41, 5.74) is 3.71. The van der Waals surface area contributed by atoms with Gasteiger partial charge in [-0.15, -0.1) is 0 Å². The number of aromatic amines is 1. The molecule has 0 bridgehead atoms. The summed E-state index contributed by atoms with van der Waals surface area (Å²) in [6.07, 6.45) is 1.74. The van der Waals surface area contributed by atoms with Crippen LogP contribution in [-0.4, -0.2) is 17.1 Å². The Labute approximate surface area is 173 Å². The van der Waals surface area contributed by atoms with Gasteiger partial charge in [-0.1, -0.05) is 30.3 Å². The lowest BCUT2D eigenvalue weighted by Crippen LogP contribution is -1.98. The number of hydrogen-bond acceptors (Lipinski definition) is 4. The topological polar surface area (TPSA) is 70.9 Å². The van der Waals surface area contributed by atoms with Gasteiger partial charge in [-0.2, -0.15) is 5.26 Å². The standard InChI is InChI=1S/C24H18FN3O2/c1-29-23-13-17(8-11-22(23)30-15-16-6-9-19(25)10-7-16)12-18(14-26)24-27-20-4-2-3-5-21(20)28-24/h2-13H,15H2,1H3,(H,27,28). The summed E-state index contributed by atoms with van der Waals surface area (Å²) in [6.45, 7) is 0.286. The zero-order chi connectivity index (χ0) is 20.9. The van der Waals surface area contributed by atoms with E-state index in [9.17, 15) is 9.65 Å². The van der Waals surface area contributed by atoms with E-state index in [0.717, 1.165) is 22.2 Å². The van der Waals surface area contributed by atoms with Crippen molar-refractivity contribution in [2.45, 2.75) is 6.61 Å². The quantitative estimate of drug-likeness (QED) is 0.444. The number of nitrogens with zero attached hydrogens (tertiary/aromatic N) is 2. The van der Waals surface area contributed by atoms with Crippen molar-refractivity contribution in [2.75, 3.05) is 7.11 Å². The van der Waals surface area contributed by atoms with Gasteiger partial charge in [0.2, 0.25) is 0 Å². The number of halogens is 1. The number of aromatic nitrogens is 2. The Kier molecular flexibility index (Phi) is 5.44. The number of para-hydroxylation sites is 2. The first-order valence-corrected chi connectivity index (χ1v) is 9.28. The van der Waals surface area contributed by atoms with Crippen LogP contribution in [0.1, 0.15) is 17.0 Å². The van der Waals surface area contributed by atoms with Crippen LogP contribution >= 0.6 is 0 Å². The molecule has 1 N–H and O–H groups in total. The summed E-state index contributed by atoms with van der Waals surface area (Å²) in [4.78, 5) is 7.65. The van der Waals surface area contributed by atoms with Crippen LogP contribution in [0.15, 0.2) is 66.7 Å². The summed E-state index contributed by atoms with van der Waals surface area (Å²) in [6, 6.07) is 21.4. The van der Waals surface area contributed by atoms with E-state index in [1.54, 1.807) is 37.5 Å². The van der Waals surface area contributed by atoms with Crippen molar-refractivity contribution in [3.8, 4) is 17.6 Å². The zero-order valence-electron chi connectivity index (χ0n) is 16.2. The summed E-state index contributed by atoms with van der Waals surface area (Å²) < 4.78 is 24.3. The average Bonchev–Trinajstić information content (AvgIpc) is 3.21. The number of methoxy groups -OCH3 is 1. The maximum absolute atomic E-state index is 13.0. The minimum atomic E-state index is -0.287. The van der Waals surface area contributed by atoms with Gasteiger partial charge in [-0.25, -0.2) is 9.37 Å². The molecule has 0 unspecified atom stereocenters. The third-order valence-corrected chi connectivity index (χ3v) is 4.57. The van der Waals surface area contributed by atoms with Crippen molar-refractivity contribution in [3.05, 3.63) is 89.5 Å². The van der Waals surface area contributed by atoms with Crippen molar-refractivity contribution in [1.82, 2.24) is 9.97 Å². The Balaban J connectivity index is 1.57. The zero-order valence-corrected chi connectivity index (χ0v) is 16.2. The largest absolute Gasteiger partial charge is 0.493 e. The summed E-state index contributed by atoms with van der Waals surface area (Å²) in [5, 5.41) is 9.62. The fourth-order valence-electron chi connectivity index (χ4n) is 3.04. The van der Waals surface area contributed by atoms with E-state index in [1.165, 1.54) is 12.1 Å². The van der Waals surface area contributed by atoms with Crippen LogP contribution in [0.3, 0.4) is 0 Å². The molecule has 0 radical (unpaired) electrons. The number of fused-ring (bicyclic) bond motifs is 1. The number of rotatable bonds is 6. The van der Waals surface area contributed by atoms with Crippen molar-refractivity contribution in [2.24, 2.45) is 0 Å². The van der Waals surface area contributed by atoms with E-state index >= 15 is 0 Å². The lowest BCUT2D eigenvalue weighted by Gasteiger charge is -2.11. The molecule has 0 amide bonds. The Morgan fingerprint density at radius 2 is 1.90 bits per heavy atom. The van der Waals surface area contributed by atoms with Gasteiger partial charge >= 0.3 is 0 Å². The second kappa shape index (κ2) is 8.50. The van der Waals surface area contributed by atoms with Gasteiger partial charge in [0.05, 0.1) is 23.7 Å². The third-order valence-electron chi connectivity index (χ3n) is 4.57. The highest BCUT2D eigenvalue weighted by molar-refractivity contribution is 5.90. The van der Waals surface area contributed by atoms with Crippen LogP contribution in [0.4, 0.5) is 4.39 Å². The Hall–Kier alpha value is -4.11. The Bertz CT molecular complexity index is 1220. The number of nitriles is 1. The second-order valence-corrected chi connectivity index (χ2v) is 6.60. The number of nitrogens with one attached hydrogen (secondary N) is 1. The molecule has 0 saturated carbocycles. The van der Waals surface area contributed by atoms with E-state index in [1.807, 2.05) is 30.3 Å². The van der Waals surface area contributed by atoms with E-state index in [-0.39, 0.29) is 12.4 Å². The minimum absolute atomic E-state index is 0.286. The first-order chi connectivity index (χ1) is 14.7. The number of allylic oxidation sites excluding steroid dienone is 1. The SMILES string of the molecule is COc1cc(C=C(C#N)c2nc3ccccc3[nH]2)ccc1OCc1ccc(F)cc1. The fraction of sp³-hybridized carbons (Fsp3) is 0.0833. The van der Waals surface area contributed by atoms with Crippen LogP contribution in [0.5, 0.6) is 11.5 Å². The number of imidazole rings is 1. The van der Waals surface area contributed by atoms with Crippen LogP contribution < -0.4 is 9.47 Å². The minimum Gasteiger partial charge on any atom is -0.493 e. The first-order valence-electron chi connectivity index (χ1n) is 9.28. The van der Waals surface area contributed by atoms with Crippen LogP contribution in [0.2, 0.25) is 0 Å². The molecule has 0 aliphatic heterocycles. The molecular weight excluding hydrogens is 381 g/mol. The molecule has 0 fully saturated rings. The number of ether oxygens (including phenoxy) is 2. The highest BCUT2D eigenvalue weighted by atomic mass is 19.1. The van der Waals surface area contributed by atoms with Gasteiger partial charge in [0.1, 0.15) is 24.3 Å². The maximum atomic E-state index is 13.0. The van der Waals surface area contributed by atoms with Crippen LogP contribution in [0.25, 0.3) is 22.7 Å². The summed E-state index contributed by atoms with van der Waals surface area (Å²) in [7, 11) is 1.55. The average molecular weight is 399 g/mol. The molecule has 148 valence electrons. The second-order valence-electron chi connectivity index (χ2n) is 6.60. The van der Waals surface area contributed by atoms with Crippen LogP contribution in [-0.2, 0) is 6.61 Å². The third kappa shape index (κ3) is 4.15. The van der Waals surface area contributed by atoms with Gasteiger partial charge in [0.15, 0.2) is 11.5 Å². The van der Waals surface area contributed by atoms with Crippen molar-refractivity contribution >= 4 is 22.7 Å². The monoisotopic (exact) mass is 399 g/mol. The van der Waals surface area contributed by atoms with Gasteiger partial charge < -0.3 is 14.5 Å². The number of H-pyrrole nitrogens is 1. The maximum Gasteiger partial charge on any atom is 0.161 e. The molecule has 4 aromatic rings. The van der Waals surface area contributed by atoms with E-state index in [4.69, 9.17) is 9.47 Å². The molecule has 30 heavy (non-hydrogen) atoms. The smallest absolute Gasteiger partial charge is 0.161 e. The van der Waals surface area contributed by atoms with E-state index < -0.39 is 0 Å². The van der Waals surface area contributed by atoms with Gasteiger partial charge in [0.25, 0.3) is 0 Å². The molecule has 0 aliphatic carbocycles. The molecular formula is C24H18FN3O2. The van der Waals surface area contributed by atoms with Gasteiger partial charge in [0, 0.05) is 0 Å². The van der Waals surface area contributed by atoms with E-state index in [2.05, 4.69) is 16.0 Å². The molecule has 6 heteroatoms.